The molecule has 0 fully saturated rings. The van der Waals surface area contributed by atoms with Crippen LogP contribution in [0.25, 0.3) is 0 Å². The lowest BCUT2D eigenvalue weighted by Gasteiger charge is -2.02. The molecule has 2 aromatic carbocycles. The van der Waals surface area contributed by atoms with Crippen molar-refractivity contribution in [2.45, 2.75) is 10.6 Å². The van der Waals surface area contributed by atoms with E-state index in [2.05, 4.69) is 25.3 Å². The van der Waals surface area contributed by atoms with Crippen LogP contribution in [0.4, 0.5) is 0 Å². The topological polar surface area (TPSA) is 17.1 Å². The van der Waals surface area contributed by atoms with Crippen LogP contribution in [0, 0.1) is 0 Å². The van der Waals surface area contributed by atoms with Gasteiger partial charge in [-0.2, -0.15) is 12.6 Å². The van der Waals surface area contributed by atoms with E-state index in [1.54, 1.807) is 12.1 Å². The van der Waals surface area contributed by atoms with Crippen LogP contribution in [0.15, 0.2) is 53.4 Å². The summed E-state index contributed by atoms with van der Waals surface area (Å²) in [6, 6.07) is 14.7. The highest BCUT2D eigenvalue weighted by Crippen LogP contribution is 2.14. The van der Waals surface area contributed by atoms with E-state index in [4.69, 9.17) is 0 Å². The van der Waals surface area contributed by atoms with Gasteiger partial charge in [0.2, 0.25) is 0 Å². The monoisotopic (exact) mass is 260 g/mol. The van der Waals surface area contributed by atoms with Gasteiger partial charge in [0.25, 0.3) is 0 Å². The second-order valence-corrected chi connectivity index (χ2v) is 4.56. The molecule has 0 radical (unpaired) electrons. The molecule has 0 aromatic heterocycles. The van der Waals surface area contributed by atoms with Gasteiger partial charge in [0.05, 0.1) is 0 Å². The van der Waals surface area contributed by atoms with Crippen LogP contribution in [0.5, 0.6) is 0 Å². The molecule has 86 valence electrons. The van der Waals surface area contributed by atoms with Gasteiger partial charge in [-0.05, 0) is 29.8 Å². The first kappa shape index (κ1) is 12.3. The van der Waals surface area contributed by atoms with Crippen LogP contribution in [0.2, 0.25) is 0 Å². The van der Waals surface area contributed by atoms with E-state index in [1.807, 2.05) is 36.4 Å². The number of carbonyl (C=O) groups excluding carboxylic acids is 1. The zero-order valence-electron chi connectivity index (χ0n) is 9.13. The summed E-state index contributed by atoms with van der Waals surface area (Å²) in [5.74, 6) is 0.715. The Hall–Kier alpha value is -1.19. The number of hydrogen-bond acceptors (Lipinski definition) is 3. The Morgan fingerprint density at radius 2 is 1.35 bits per heavy atom. The maximum absolute atomic E-state index is 12.1. The minimum absolute atomic E-state index is 0.0315. The van der Waals surface area contributed by atoms with E-state index >= 15 is 0 Å². The predicted octanol–water partition coefficient (Wildman–Crippen LogP) is 3.64. The molecule has 0 aliphatic rings. The van der Waals surface area contributed by atoms with Crippen molar-refractivity contribution < 1.29 is 4.79 Å². The number of hydrogen-bond donors (Lipinski definition) is 2. The van der Waals surface area contributed by atoms with Crippen molar-refractivity contribution in [2.24, 2.45) is 0 Å². The number of carbonyl (C=O) groups is 1. The van der Waals surface area contributed by atoms with Gasteiger partial charge in [-0.25, -0.2) is 0 Å². The summed E-state index contributed by atoms with van der Waals surface area (Å²) in [6.07, 6.45) is 0. The van der Waals surface area contributed by atoms with Gasteiger partial charge < -0.3 is 0 Å². The Morgan fingerprint density at radius 3 is 1.82 bits per heavy atom. The van der Waals surface area contributed by atoms with Crippen molar-refractivity contribution in [1.82, 2.24) is 0 Å². The summed E-state index contributed by atoms with van der Waals surface area (Å²) in [4.78, 5) is 13.0. The van der Waals surface area contributed by atoms with Gasteiger partial charge in [0.1, 0.15) is 0 Å². The van der Waals surface area contributed by atoms with E-state index in [1.165, 1.54) is 0 Å². The third-order valence-electron chi connectivity index (χ3n) is 2.53. The number of ketones is 1. The molecule has 2 aromatic rings. The number of thiol groups is 2. The van der Waals surface area contributed by atoms with E-state index in [9.17, 15) is 4.79 Å². The average molecular weight is 260 g/mol. The molecule has 0 saturated carbocycles. The lowest BCUT2D eigenvalue weighted by atomic mass is 10.0. The van der Waals surface area contributed by atoms with Gasteiger partial charge in [-0.3, -0.25) is 4.79 Å². The number of rotatable bonds is 3. The van der Waals surface area contributed by atoms with Gasteiger partial charge in [0.15, 0.2) is 5.78 Å². The number of benzene rings is 2. The molecule has 0 bridgehead atoms. The molecule has 0 N–H and O–H groups in total. The van der Waals surface area contributed by atoms with Crippen LogP contribution in [0.1, 0.15) is 21.5 Å². The summed E-state index contributed by atoms with van der Waals surface area (Å²) in [7, 11) is 0. The predicted molar refractivity (Wildman–Crippen MR) is 76.3 cm³/mol. The SMILES string of the molecule is O=C(c1ccc(S)cc1)c1ccc(CS)cc1. The second kappa shape index (κ2) is 5.43. The fraction of sp³-hybridized carbons (Fsp3) is 0.0714. The van der Waals surface area contributed by atoms with Gasteiger partial charge in [-0.1, -0.05) is 24.3 Å². The van der Waals surface area contributed by atoms with Gasteiger partial charge >= 0.3 is 0 Å². The molecule has 0 aliphatic carbocycles. The molecule has 0 unspecified atom stereocenters. The zero-order valence-corrected chi connectivity index (χ0v) is 10.9. The molecule has 0 aliphatic heterocycles. The molecule has 1 nitrogen and oxygen atoms in total. The average Bonchev–Trinajstić information content (AvgIpc) is 2.39. The molecular formula is C14H12OS2. The molecule has 2 rings (SSSR count). The Morgan fingerprint density at radius 1 is 0.882 bits per heavy atom. The van der Waals surface area contributed by atoms with Crippen molar-refractivity contribution in [3.05, 3.63) is 65.2 Å². The highest BCUT2D eigenvalue weighted by molar-refractivity contribution is 7.80. The second-order valence-electron chi connectivity index (χ2n) is 3.73. The molecular weight excluding hydrogens is 248 g/mol. The zero-order chi connectivity index (χ0) is 12.3. The summed E-state index contributed by atoms with van der Waals surface area (Å²) in [6.45, 7) is 0. The van der Waals surface area contributed by atoms with E-state index in [0.717, 1.165) is 10.5 Å². The maximum Gasteiger partial charge on any atom is 0.193 e. The maximum atomic E-state index is 12.1. The largest absolute Gasteiger partial charge is 0.289 e. The van der Waals surface area contributed by atoms with Crippen molar-refractivity contribution in [2.75, 3.05) is 0 Å². The Bertz CT molecular complexity index is 515. The van der Waals surface area contributed by atoms with Crippen molar-refractivity contribution in [1.29, 1.82) is 0 Å². The highest BCUT2D eigenvalue weighted by atomic mass is 32.1. The fourth-order valence-corrected chi connectivity index (χ4v) is 1.90. The smallest absolute Gasteiger partial charge is 0.193 e. The van der Waals surface area contributed by atoms with E-state index < -0.39 is 0 Å². The Kier molecular flexibility index (Phi) is 3.92. The summed E-state index contributed by atoms with van der Waals surface area (Å²) in [5.41, 5.74) is 2.49. The van der Waals surface area contributed by atoms with Crippen molar-refractivity contribution >= 4 is 31.0 Å². The standard InChI is InChI=1S/C14H12OS2/c15-14(12-5-7-13(17)8-6-12)11-3-1-10(9-16)2-4-11/h1-8,16-17H,9H2. The van der Waals surface area contributed by atoms with Crippen LogP contribution in [-0.4, -0.2) is 5.78 Å². The molecule has 17 heavy (non-hydrogen) atoms. The third-order valence-corrected chi connectivity index (χ3v) is 3.19. The van der Waals surface area contributed by atoms with E-state index in [-0.39, 0.29) is 5.78 Å². The molecule has 0 spiro atoms. The van der Waals surface area contributed by atoms with Crippen LogP contribution in [-0.2, 0) is 5.75 Å². The quantitative estimate of drug-likeness (QED) is 0.636. The van der Waals surface area contributed by atoms with Crippen molar-refractivity contribution in [3.8, 4) is 0 Å². The third kappa shape index (κ3) is 2.93. The molecule has 3 heteroatoms. The first-order valence-corrected chi connectivity index (χ1v) is 6.32. The van der Waals surface area contributed by atoms with Gasteiger partial charge in [-0.15, -0.1) is 12.6 Å². The van der Waals surface area contributed by atoms with Crippen LogP contribution >= 0.6 is 25.3 Å². The lowest BCUT2D eigenvalue weighted by molar-refractivity contribution is 0.103. The molecule has 0 amide bonds. The fourth-order valence-electron chi connectivity index (χ4n) is 1.54. The first-order chi connectivity index (χ1) is 8.20. The molecule has 0 heterocycles. The van der Waals surface area contributed by atoms with Crippen molar-refractivity contribution in [3.63, 3.8) is 0 Å². The molecule has 0 atom stereocenters. The summed E-state index contributed by atoms with van der Waals surface area (Å²) >= 11 is 8.38. The lowest BCUT2D eigenvalue weighted by Crippen LogP contribution is -2.00. The first-order valence-electron chi connectivity index (χ1n) is 5.24. The normalized spacial score (nSPS) is 10.2. The molecule has 0 saturated heterocycles. The summed E-state index contributed by atoms with van der Waals surface area (Å²) < 4.78 is 0. The summed E-state index contributed by atoms with van der Waals surface area (Å²) in [5, 5.41) is 0. The van der Waals surface area contributed by atoms with Crippen LogP contribution < -0.4 is 0 Å². The van der Waals surface area contributed by atoms with E-state index in [0.29, 0.717) is 16.9 Å². The Balaban J connectivity index is 2.27. The minimum Gasteiger partial charge on any atom is -0.289 e. The van der Waals surface area contributed by atoms with Gasteiger partial charge in [0, 0.05) is 21.8 Å². The minimum atomic E-state index is 0.0315. The highest BCUT2D eigenvalue weighted by Gasteiger charge is 2.08. The van der Waals surface area contributed by atoms with Crippen LogP contribution in [0.3, 0.4) is 0 Å². The Labute approximate surface area is 112 Å².